The minimum Gasteiger partial charge on any atom is -0.391 e. The maximum absolute atomic E-state index is 10.9. The lowest BCUT2D eigenvalue weighted by Gasteiger charge is -2.37. The van der Waals surface area contributed by atoms with Gasteiger partial charge < -0.3 is 19.8 Å². The van der Waals surface area contributed by atoms with Gasteiger partial charge in [-0.2, -0.15) is 0 Å². The summed E-state index contributed by atoms with van der Waals surface area (Å²) < 4.78 is 0. The van der Waals surface area contributed by atoms with Crippen LogP contribution in [0.3, 0.4) is 0 Å². The quantitative estimate of drug-likeness (QED) is 0.324. The number of hydrogen-bond donors (Lipinski definition) is 4. The van der Waals surface area contributed by atoms with Crippen LogP contribution in [-0.2, 0) is 6.54 Å². The number of nitrogens with one attached hydrogen (secondary N) is 3. The van der Waals surface area contributed by atoms with E-state index in [1.54, 1.807) is 32.9 Å². The van der Waals surface area contributed by atoms with Gasteiger partial charge in [0.1, 0.15) is 39.3 Å². The van der Waals surface area contributed by atoms with Crippen molar-refractivity contribution in [1.29, 1.82) is 0 Å². The zero-order valence-electron chi connectivity index (χ0n) is 14.9. The van der Waals surface area contributed by atoms with Gasteiger partial charge in [0.25, 0.3) is 5.69 Å². The molecule has 2 heterocycles. The summed E-state index contributed by atoms with van der Waals surface area (Å²) in [5, 5.41) is 20.0. The van der Waals surface area contributed by atoms with Gasteiger partial charge in [0.15, 0.2) is 0 Å². The summed E-state index contributed by atoms with van der Waals surface area (Å²) in [5.41, 5.74) is 1.26. The van der Waals surface area contributed by atoms with Crippen LogP contribution in [0.4, 0.5) is 5.69 Å². The molecule has 0 radical (unpaired) electrons. The Balaban J connectivity index is 1.45. The summed E-state index contributed by atoms with van der Waals surface area (Å²) >= 11 is 0. The molecule has 0 aromatic heterocycles. The number of aliphatic hydroxyl groups excluding tert-OH is 1. The molecular formula is C18H31N4O3+3. The van der Waals surface area contributed by atoms with Crippen molar-refractivity contribution in [2.24, 2.45) is 0 Å². The molecule has 0 spiro atoms. The normalized spacial score (nSPS) is 30.1. The van der Waals surface area contributed by atoms with Crippen molar-refractivity contribution in [1.82, 2.24) is 0 Å². The van der Waals surface area contributed by atoms with Crippen LogP contribution in [0.1, 0.15) is 18.4 Å². The molecule has 0 aliphatic carbocycles. The van der Waals surface area contributed by atoms with E-state index >= 15 is 0 Å². The Kier molecular flexibility index (Phi) is 6.36. The Morgan fingerprint density at radius 2 is 1.80 bits per heavy atom. The first kappa shape index (κ1) is 18.3. The first-order valence-electron chi connectivity index (χ1n) is 9.51. The number of nitro groups is 1. The van der Waals surface area contributed by atoms with Crippen molar-refractivity contribution >= 4 is 5.69 Å². The number of likely N-dealkylation sites (tertiary alicyclic amines) is 1. The molecule has 2 aliphatic rings. The third kappa shape index (κ3) is 4.98. The Morgan fingerprint density at radius 1 is 1.08 bits per heavy atom. The van der Waals surface area contributed by atoms with Crippen LogP contribution >= 0.6 is 0 Å². The number of quaternary nitrogens is 3. The average molecular weight is 351 g/mol. The molecule has 138 valence electrons. The van der Waals surface area contributed by atoms with Gasteiger partial charge in [0, 0.05) is 30.5 Å². The zero-order chi connectivity index (χ0) is 17.6. The number of non-ortho nitro benzene ring substituents is 1. The van der Waals surface area contributed by atoms with Gasteiger partial charge in [-0.15, -0.1) is 0 Å². The van der Waals surface area contributed by atoms with Gasteiger partial charge in [0.05, 0.1) is 30.7 Å². The van der Waals surface area contributed by atoms with Crippen LogP contribution in [0.15, 0.2) is 24.3 Å². The summed E-state index contributed by atoms with van der Waals surface area (Å²) in [7, 11) is 0. The topological polar surface area (TPSA) is 76.7 Å². The molecule has 7 nitrogen and oxygen atoms in total. The maximum atomic E-state index is 10.9. The molecule has 3 rings (SSSR count). The highest BCUT2D eigenvalue weighted by molar-refractivity contribution is 5.33. The summed E-state index contributed by atoms with van der Waals surface area (Å²) in [6, 6.07) is 7.84. The smallest absolute Gasteiger partial charge is 0.269 e. The third-order valence-electron chi connectivity index (χ3n) is 5.91. The number of hydrogen-bond acceptors (Lipinski definition) is 3. The van der Waals surface area contributed by atoms with E-state index in [2.05, 4.69) is 0 Å². The molecule has 0 bridgehead atoms. The predicted octanol–water partition coefficient (Wildman–Crippen LogP) is -3.08. The number of piperidine rings is 1. The van der Waals surface area contributed by atoms with Crippen molar-refractivity contribution in [3.63, 3.8) is 0 Å². The van der Waals surface area contributed by atoms with Gasteiger partial charge in [-0.3, -0.25) is 10.1 Å². The SMILES string of the molecule is O=[N+]([O-])c1cccc(C[NH+]2CCC([NH+]3CC[NH+](CCO)CC3)CC2)c1. The molecule has 1 aromatic rings. The molecule has 1 aromatic carbocycles. The number of piperazine rings is 1. The minimum atomic E-state index is -0.313. The lowest BCUT2D eigenvalue weighted by atomic mass is 10.0. The zero-order valence-corrected chi connectivity index (χ0v) is 14.9. The van der Waals surface area contributed by atoms with E-state index in [0.717, 1.165) is 37.8 Å². The van der Waals surface area contributed by atoms with Crippen molar-refractivity contribution in [3.8, 4) is 0 Å². The maximum Gasteiger partial charge on any atom is 0.269 e. The van der Waals surface area contributed by atoms with E-state index in [1.807, 2.05) is 6.07 Å². The fourth-order valence-corrected chi connectivity index (χ4v) is 4.42. The van der Waals surface area contributed by atoms with Crippen LogP contribution in [0.25, 0.3) is 0 Å². The van der Waals surface area contributed by atoms with E-state index in [1.165, 1.54) is 39.0 Å². The first-order valence-corrected chi connectivity index (χ1v) is 9.51. The molecule has 2 aliphatic heterocycles. The number of rotatable bonds is 6. The van der Waals surface area contributed by atoms with Gasteiger partial charge in [0.2, 0.25) is 0 Å². The second-order valence-corrected chi connectivity index (χ2v) is 7.51. The summed E-state index contributed by atoms with van der Waals surface area (Å²) in [4.78, 5) is 15.4. The Bertz CT molecular complexity index is 567. The van der Waals surface area contributed by atoms with Gasteiger partial charge in [-0.05, 0) is 0 Å². The lowest BCUT2D eigenvalue weighted by molar-refractivity contribution is -1.03. The highest BCUT2D eigenvalue weighted by atomic mass is 16.6. The molecule has 4 N–H and O–H groups in total. The van der Waals surface area contributed by atoms with E-state index < -0.39 is 0 Å². The second-order valence-electron chi connectivity index (χ2n) is 7.51. The Hall–Kier alpha value is -1.54. The van der Waals surface area contributed by atoms with E-state index in [0.29, 0.717) is 6.61 Å². The highest BCUT2D eigenvalue weighted by Crippen LogP contribution is 2.12. The summed E-state index contributed by atoms with van der Waals surface area (Å²) in [6.45, 7) is 9.18. The predicted molar refractivity (Wildman–Crippen MR) is 93.9 cm³/mol. The van der Waals surface area contributed by atoms with Gasteiger partial charge in [-0.25, -0.2) is 0 Å². The first-order chi connectivity index (χ1) is 12.2. The molecule has 25 heavy (non-hydrogen) atoms. The number of benzene rings is 1. The van der Waals surface area contributed by atoms with Gasteiger partial charge in [-0.1, -0.05) is 12.1 Å². The molecule has 2 fully saturated rings. The minimum absolute atomic E-state index is 0.194. The van der Waals surface area contributed by atoms with Crippen LogP contribution in [-0.4, -0.2) is 68.5 Å². The molecule has 7 heteroatoms. The summed E-state index contributed by atoms with van der Waals surface area (Å²) in [5.74, 6) is 0. The van der Waals surface area contributed by atoms with Gasteiger partial charge >= 0.3 is 0 Å². The van der Waals surface area contributed by atoms with Crippen molar-refractivity contribution < 1.29 is 24.7 Å². The number of nitro benzene ring substituents is 1. The largest absolute Gasteiger partial charge is 0.391 e. The second kappa shape index (κ2) is 8.71. The fourth-order valence-electron chi connectivity index (χ4n) is 4.42. The molecular weight excluding hydrogens is 320 g/mol. The Morgan fingerprint density at radius 3 is 2.44 bits per heavy atom. The molecule has 0 unspecified atom stereocenters. The molecule has 0 atom stereocenters. The molecule has 2 saturated heterocycles. The monoisotopic (exact) mass is 351 g/mol. The van der Waals surface area contributed by atoms with Crippen molar-refractivity contribution in [2.45, 2.75) is 25.4 Å². The average Bonchev–Trinajstić information content (AvgIpc) is 2.64. The Labute approximate surface area is 149 Å². The summed E-state index contributed by atoms with van der Waals surface area (Å²) in [6.07, 6.45) is 2.49. The van der Waals surface area contributed by atoms with E-state index in [-0.39, 0.29) is 10.6 Å². The molecule has 0 amide bonds. The third-order valence-corrected chi connectivity index (χ3v) is 5.91. The number of aliphatic hydroxyl groups is 1. The van der Waals surface area contributed by atoms with E-state index in [9.17, 15) is 10.1 Å². The highest BCUT2D eigenvalue weighted by Gasteiger charge is 2.33. The fraction of sp³-hybridized carbons (Fsp3) is 0.667. The lowest BCUT2D eigenvalue weighted by Crippen LogP contribution is -3.30. The number of nitrogens with zero attached hydrogens (tertiary/aromatic N) is 1. The van der Waals surface area contributed by atoms with Crippen LogP contribution in [0.2, 0.25) is 0 Å². The van der Waals surface area contributed by atoms with E-state index in [4.69, 9.17) is 5.11 Å². The van der Waals surface area contributed by atoms with Crippen LogP contribution < -0.4 is 14.7 Å². The van der Waals surface area contributed by atoms with Crippen LogP contribution in [0, 0.1) is 10.1 Å². The van der Waals surface area contributed by atoms with Crippen LogP contribution in [0.5, 0.6) is 0 Å². The molecule has 0 saturated carbocycles. The van der Waals surface area contributed by atoms with Crippen molar-refractivity contribution in [3.05, 3.63) is 39.9 Å². The standard InChI is InChI=1S/C18H28N4O3/c23-13-12-19-8-10-21(11-9-19)17-4-6-20(7-5-17)15-16-2-1-3-18(14-16)22(24)25/h1-3,14,17,23H,4-13,15H2/p+3. The van der Waals surface area contributed by atoms with Crippen molar-refractivity contribution in [2.75, 3.05) is 52.4 Å².